The van der Waals surface area contributed by atoms with Crippen molar-refractivity contribution >= 4 is 39.4 Å². The average Bonchev–Trinajstić information content (AvgIpc) is 2.97. The number of carbonyl (C=O) groups excluding carboxylic acids is 1. The standard InChI is InChI=1S/C18H15N5O/c1-10(24)11-4-2-3-5-14(11)23-9-8-12-15(23)7-6-13-16(12)17(19)22-18(20)21-13/h2-9H,1H3,(H4,19,20,21,22). The number of nitrogens with zero attached hydrogens (tertiary/aromatic N) is 3. The first kappa shape index (κ1) is 14.2. The molecule has 2 aromatic carbocycles. The van der Waals surface area contributed by atoms with E-state index in [2.05, 4.69) is 9.97 Å². The lowest BCUT2D eigenvalue weighted by Gasteiger charge is -2.11. The third kappa shape index (κ3) is 2.00. The summed E-state index contributed by atoms with van der Waals surface area (Å²) in [5.41, 5.74) is 14.8. The quantitative estimate of drug-likeness (QED) is 0.554. The smallest absolute Gasteiger partial charge is 0.222 e. The molecule has 6 heteroatoms. The Bertz CT molecular complexity index is 1110. The van der Waals surface area contributed by atoms with E-state index < -0.39 is 0 Å². The number of hydrogen-bond donors (Lipinski definition) is 2. The lowest BCUT2D eigenvalue weighted by Crippen LogP contribution is -2.03. The molecule has 6 nitrogen and oxygen atoms in total. The molecule has 0 radical (unpaired) electrons. The summed E-state index contributed by atoms with van der Waals surface area (Å²) in [6, 6.07) is 13.3. The molecule has 0 fully saturated rings. The second-order valence-electron chi connectivity index (χ2n) is 5.62. The summed E-state index contributed by atoms with van der Waals surface area (Å²) in [4.78, 5) is 20.2. The largest absolute Gasteiger partial charge is 0.383 e. The normalized spacial score (nSPS) is 11.2. The van der Waals surface area contributed by atoms with E-state index in [-0.39, 0.29) is 11.7 Å². The van der Waals surface area contributed by atoms with Gasteiger partial charge in [0.15, 0.2) is 5.78 Å². The van der Waals surface area contributed by atoms with Gasteiger partial charge >= 0.3 is 0 Å². The summed E-state index contributed by atoms with van der Waals surface area (Å²) >= 11 is 0. The molecule has 118 valence electrons. The predicted octanol–water partition coefficient (Wildman–Crippen LogP) is 2.94. The summed E-state index contributed by atoms with van der Waals surface area (Å²) in [7, 11) is 0. The van der Waals surface area contributed by atoms with Crippen molar-refractivity contribution in [2.24, 2.45) is 0 Å². The third-order valence-corrected chi connectivity index (χ3v) is 4.12. The van der Waals surface area contributed by atoms with Gasteiger partial charge in [-0.3, -0.25) is 4.79 Å². The van der Waals surface area contributed by atoms with E-state index in [0.717, 1.165) is 22.0 Å². The molecule has 4 aromatic rings. The highest BCUT2D eigenvalue weighted by Gasteiger charge is 2.14. The van der Waals surface area contributed by atoms with E-state index in [1.165, 1.54) is 0 Å². The minimum absolute atomic E-state index is 0.0175. The molecule has 0 saturated heterocycles. The van der Waals surface area contributed by atoms with Gasteiger partial charge in [-0.15, -0.1) is 0 Å². The summed E-state index contributed by atoms with van der Waals surface area (Å²) in [6.45, 7) is 1.56. The molecule has 0 spiro atoms. The van der Waals surface area contributed by atoms with Crippen molar-refractivity contribution < 1.29 is 4.79 Å². The Morgan fingerprint density at radius 3 is 2.62 bits per heavy atom. The fourth-order valence-corrected chi connectivity index (χ4v) is 3.09. The molecule has 0 saturated carbocycles. The van der Waals surface area contributed by atoms with E-state index in [0.29, 0.717) is 16.9 Å². The van der Waals surface area contributed by atoms with Crippen molar-refractivity contribution in [3.05, 3.63) is 54.2 Å². The summed E-state index contributed by atoms with van der Waals surface area (Å²) in [5.74, 6) is 0.519. The molecular weight excluding hydrogens is 302 g/mol. The number of carbonyl (C=O) groups is 1. The molecule has 0 aliphatic carbocycles. The molecule has 0 aliphatic rings. The number of benzene rings is 2. The maximum Gasteiger partial charge on any atom is 0.222 e. The molecule has 2 heterocycles. The van der Waals surface area contributed by atoms with Crippen LogP contribution in [0.25, 0.3) is 27.5 Å². The van der Waals surface area contributed by atoms with Crippen molar-refractivity contribution in [3.8, 4) is 5.69 Å². The number of aromatic nitrogens is 3. The van der Waals surface area contributed by atoms with Crippen LogP contribution in [0.4, 0.5) is 11.8 Å². The molecular formula is C18H15N5O. The van der Waals surface area contributed by atoms with Crippen molar-refractivity contribution in [2.75, 3.05) is 11.5 Å². The lowest BCUT2D eigenvalue weighted by atomic mass is 10.1. The van der Waals surface area contributed by atoms with Crippen LogP contribution in [0.3, 0.4) is 0 Å². The Labute approximate surface area is 137 Å². The lowest BCUT2D eigenvalue weighted by molar-refractivity contribution is 0.101. The third-order valence-electron chi connectivity index (χ3n) is 4.12. The maximum absolute atomic E-state index is 11.9. The van der Waals surface area contributed by atoms with Gasteiger partial charge in [0.25, 0.3) is 0 Å². The zero-order chi connectivity index (χ0) is 16.8. The summed E-state index contributed by atoms with van der Waals surface area (Å²) < 4.78 is 1.97. The van der Waals surface area contributed by atoms with E-state index in [4.69, 9.17) is 11.5 Å². The molecule has 0 bridgehead atoms. The number of nitrogens with two attached hydrogens (primary N) is 2. The minimum Gasteiger partial charge on any atom is -0.383 e. The first-order valence-corrected chi connectivity index (χ1v) is 7.49. The van der Waals surface area contributed by atoms with Gasteiger partial charge in [0, 0.05) is 17.1 Å². The van der Waals surface area contributed by atoms with E-state index in [1.54, 1.807) is 6.92 Å². The highest BCUT2D eigenvalue weighted by Crippen LogP contribution is 2.31. The highest BCUT2D eigenvalue weighted by molar-refractivity contribution is 6.11. The monoisotopic (exact) mass is 317 g/mol. The maximum atomic E-state index is 11.9. The van der Waals surface area contributed by atoms with Gasteiger partial charge in [-0.2, -0.15) is 4.98 Å². The number of nitrogen functional groups attached to an aromatic ring is 2. The number of hydrogen-bond acceptors (Lipinski definition) is 5. The summed E-state index contributed by atoms with van der Waals surface area (Å²) in [5, 5.41) is 1.68. The zero-order valence-electron chi connectivity index (χ0n) is 13.0. The van der Waals surface area contributed by atoms with Gasteiger partial charge < -0.3 is 16.0 Å². The van der Waals surface area contributed by atoms with Crippen LogP contribution in [0, 0.1) is 0 Å². The summed E-state index contributed by atoms with van der Waals surface area (Å²) in [6.07, 6.45) is 1.92. The Kier molecular flexibility index (Phi) is 2.99. The van der Waals surface area contributed by atoms with Crippen LogP contribution >= 0.6 is 0 Å². The predicted molar refractivity (Wildman–Crippen MR) is 95.2 cm³/mol. The van der Waals surface area contributed by atoms with Crippen LogP contribution in [0.15, 0.2) is 48.7 Å². The number of fused-ring (bicyclic) bond motifs is 3. The molecule has 2 aromatic heterocycles. The van der Waals surface area contributed by atoms with Crippen LogP contribution < -0.4 is 11.5 Å². The van der Waals surface area contributed by atoms with Crippen molar-refractivity contribution in [2.45, 2.75) is 6.92 Å². The first-order chi connectivity index (χ1) is 11.6. The SMILES string of the molecule is CC(=O)c1ccccc1-n1ccc2c3c(N)nc(N)nc3ccc21. The Morgan fingerprint density at radius 1 is 1.04 bits per heavy atom. The van der Waals surface area contributed by atoms with Crippen LogP contribution in [0.2, 0.25) is 0 Å². The second-order valence-corrected chi connectivity index (χ2v) is 5.62. The second kappa shape index (κ2) is 5.06. The number of anilines is 2. The number of para-hydroxylation sites is 1. The Hall–Kier alpha value is -3.41. The van der Waals surface area contributed by atoms with Crippen LogP contribution in [-0.4, -0.2) is 20.3 Å². The van der Waals surface area contributed by atoms with Gasteiger partial charge in [0.05, 0.1) is 22.1 Å². The fourth-order valence-electron chi connectivity index (χ4n) is 3.09. The van der Waals surface area contributed by atoms with Gasteiger partial charge in [-0.1, -0.05) is 12.1 Å². The number of ketones is 1. The molecule has 4 N–H and O–H groups in total. The van der Waals surface area contributed by atoms with Crippen molar-refractivity contribution in [3.63, 3.8) is 0 Å². The van der Waals surface area contributed by atoms with Crippen molar-refractivity contribution in [1.29, 1.82) is 0 Å². The van der Waals surface area contributed by atoms with E-state index >= 15 is 0 Å². The molecule has 0 unspecified atom stereocenters. The Morgan fingerprint density at radius 2 is 1.83 bits per heavy atom. The minimum atomic E-state index is 0.0175. The molecule has 0 atom stereocenters. The zero-order valence-corrected chi connectivity index (χ0v) is 13.0. The van der Waals surface area contributed by atoms with Crippen LogP contribution in [0.5, 0.6) is 0 Å². The Balaban J connectivity index is 2.07. The number of rotatable bonds is 2. The molecule has 0 amide bonds. The molecule has 4 rings (SSSR count). The van der Waals surface area contributed by atoms with Gasteiger partial charge in [0.1, 0.15) is 5.82 Å². The highest BCUT2D eigenvalue weighted by atomic mass is 16.1. The fraction of sp³-hybridized carbons (Fsp3) is 0.0556. The number of Topliss-reactive ketones (excluding diaryl/α,β-unsaturated/α-hetero) is 1. The molecule has 0 aliphatic heterocycles. The van der Waals surface area contributed by atoms with E-state index in [1.807, 2.05) is 53.2 Å². The first-order valence-electron chi connectivity index (χ1n) is 7.49. The van der Waals surface area contributed by atoms with E-state index in [9.17, 15) is 4.79 Å². The van der Waals surface area contributed by atoms with Crippen LogP contribution in [-0.2, 0) is 0 Å². The van der Waals surface area contributed by atoms with Crippen LogP contribution in [0.1, 0.15) is 17.3 Å². The average molecular weight is 317 g/mol. The van der Waals surface area contributed by atoms with Gasteiger partial charge in [-0.25, -0.2) is 4.98 Å². The van der Waals surface area contributed by atoms with Crippen molar-refractivity contribution in [1.82, 2.24) is 14.5 Å². The molecule has 24 heavy (non-hydrogen) atoms. The van der Waals surface area contributed by atoms with Gasteiger partial charge in [-0.05, 0) is 37.3 Å². The topological polar surface area (TPSA) is 99.8 Å². The van der Waals surface area contributed by atoms with Gasteiger partial charge in [0.2, 0.25) is 5.95 Å².